The highest BCUT2D eigenvalue weighted by molar-refractivity contribution is 4.46. The topological polar surface area (TPSA) is 18.5 Å². The van der Waals surface area contributed by atoms with Crippen LogP contribution in [0.2, 0.25) is 0 Å². The maximum Gasteiger partial charge on any atom is 0.0837 e. The van der Waals surface area contributed by atoms with Crippen LogP contribution in [0.1, 0.15) is 19.8 Å². The summed E-state index contributed by atoms with van der Waals surface area (Å²) in [6.45, 7) is 5.31. The Morgan fingerprint density at radius 2 is 2.11 bits per heavy atom. The van der Waals surface area contributed by atoms with Crippen molar-refractivity contribution < 1.29 is 9.47 Å². The predicted octanol–water partition coefficient (Wildman–Crippen LogP) is 1.61. The smallest absolute Gasteiger partial charge is 0.0837 e. The summed E-state index contributed by atoms with van der Waals surface area (Å²) in [6, 6.07) is 0. The summed E-state index contributed by atoms with van der Waals surface area (Å²) in [6.07, 6.45) is 2.18. The lowest BCUT2D eigenvalue weighted by Crippen LogP contribution is -1.99. The minimum atomic E-state index is 0.677. The predicted molar refractivity (Wildman–Crippen MR) is 37.0 cm³/mol. The van der Waals surface area contributed by atoms with E-state index in [4.69, 9.17) is 9.47 Å². The van der Waals surface area contributed by atoms with Crippen LogP contribution in [0.4, 0.5) is 0 Å². The van der Waals surface area contributed by atoms with Gasteiger partial charge in [0.25, 0.3) is 0 Å². The third-order valence-electron chi connectivity index (χ3n) is 0.930. The minimum Gasteiger partial charge on any atom is -0.382 e. The SMILES string of the molecule is CCC[CH]OCCOC. The zero-order valence-corrected chi connectivity index (χ0v) is 6.22. The minimum absolute atomic E-state index is 0.677. The molecule has 0 saturated heterocycles. The van der Waals surface area contributed by atoms with Crippen LogP contribution in [-0.4, -0.2) is 20.3 Å². The second-order valence-electron chi connectivity index (χ2n) is 1.82. The average molecular weight is 131 g/mol. The Kier molecular flexibility index (Phi) is 7.85. The van der Waals surface area contributed by atoms with Gasteiger partial charge < -0.3 is 9.47 Å². The first kappa shape index (κ1) is 8.92. The molecule has 0 bridgehead atoms. The highest BCUT2D eigenvalue weighted by Gasteiger charge is 1.85. The van der Waals surface area contributed by atoms with Crippen LogP contribution in [0.3, 0.4) is 0 Å². The Balaban J connectivity index is 2.60. The molecule has 0 amide bonds. The molecule has 0 aromatic heterocycles. The van der Waals surface area contributed by atoms with Gasteiger partial charge in [-0.1, -0.05) is 13.3 Å². The van der Waals surface area contributed by atoms with Gasteiger partial charge in [-0.2, -0.15) is 0 Å². The van der Waals surface area contributed by atoms with E-state index < -0.39 is 0 Å². The zero-order chi connectivity index (χ0) is 6.95. The lowest BCUT2D eigenvalue weighted by atomic mass is 10.4. The van der Waals surface area contributed by atoms with Crippen LogP contribution >= 0.6 is 0 Å². The molecule has 0 aliphatic carbocycles. The van der Waals surface area contributed by atoms with Gasteiger partial charge in [0.1, 0.15) is 0 Å². The molecule has 9 heavy (non-hydrogen) atoms. The molecule has 0 heterocycles. The van der Waals surface area contributed by atoms with E-state index in [2.05, 4.69) is 6.92 Å². The quantitative estimate of drug-likeness (QED) is 0.510. The normalized spacial score (nSPS) is 10.0. The molecule has 0 spiro atoms. The fourth-order valence-electron chi connectivity index (χ4n) is 0.416. The van der Waals surface area contributed by atoms with E-state index in [1.54, 1.807) is 7.11 Å². The molecule has 1 radical (unpaired) electrons. The van der Waals surface area contributed by atoms with Gasteiger partial charge in [-0.25, -0.2) is 0 Å². The highest BCUT2D eigenvalue weighted by atomic mass is 16.5. The average Bonchev–Trinajstić information content (AvgIpc) is 1.89. The standard InChI is InChI=1S/C7H15O2/c1-3-4-5-9-7-6-8-2/h5H,3-4,6-7H2,1-2H3. The molecule has 0 rings (SSSR count). The van der Waals surface area contributed by atoms with Gasteiger partial charge in [-0.15, -0.1) is 0 Å². The number of rotatable bonds is 6. The van der Waals surface area contributed by atoms with E-state index in [1.807, 2.05) is 6.61 Å². The van der Waals surface area contributed by atoms with Crippen molar-refractivity contribution in [2.45, 2.75) is 19.8 Å². The highest BCUT2D eigenvalue weighted by Crippen LogP contribution is 1.92. The van der Waals surface area contributed by atoms with Gasteiger partial charge in [0.15, 0.2) is 0 Å². The molecule has 0 aromatic carbocycles. The zero-order valence-electron chi connectivity index (χ0n) is 6.22. The van der Waals surface area contributed by atoms with Crippen molar-refractivity contribution in [3.8, 4) is 0 Å². The fraction of sp³-hybridized carbons (Fsp3) is 0.857. The molecule has 0 aliphatic rings. The Morgan fingerprint density at radius 1 is 1.33 bits per heavy atom. The van der Waals surface area contributed by atoms with E-state index in [9.17, 15) is 0 Å². The molecular formula is C7H15O2. The van der Waals surface area contributed by atoms with Crippen LogP contribution < -0.4 is 0 Å². The monoisotopic (exact) mass is 131 g/mol. The molecule has 0 aromatic rings. The maximum atomic E-state index is 5.06. The lowest BCUT2D eigenvalue weighted by Gasteiger charge is -1.99. The van der Waals surface area contributed by atoms with Crippen LogP contribution in [0.15, 0.2) is 0 Å². The maximum absolute atomic E-state index is 5.06. The Morgan fingerprint density at radius 3 is 2.67 bits per heavy atom. The summed E-state index contributed by atoms with van der Waals surface area (Å²) in [7, 11) is 1.67. The number of hydrogen-bond acceptors (Lipinski definition) is 2. The van der Waals surface area contributed by atoms with Gasteiger partial charge in [0, 0.05) is 7.11 Å². The first-order valence-corrected chi connectivity index (χ1v) is 3.34. The van der Waals surface area contributed by atoms with Crippen molar-refractivity contribution in [1.29, 1.82) is 0 Å². The van der Waals surface area contributed by atoms with Crippen molar-refractivity contribution in [3.63, 3.8) is 0 Å². The first-order valence-electron chi connectivity index (χ1n) is 3.34. The van der Waals surface area contributed by atoms with E-state index in [-0.39, 0.29) is 0 Å². The second-order valence-corrected chi connectivity index (χ2v) is 1.82. The molecule has 55 valence electrons. The summed E-state index contributed by atoms with van der Waals surface area (Å²) in [5, 5.41) is 0. The Hall–Kier alpha value is -0.0800. The molecule has 0 fully saturated rings. The number of hydrogen-bond donors (Lipinski definition) is 0. The third kappa shape index (κ3) is 7.92. The second kappa shape index (κ2) is 7.92. The number of ether oxygens (including phenoxy) is 2. The van der Waals surface area contributed by atoms with Gasteiger partial charge in [0.2, 0.25) is 0 Å². The van der Waals surface area contributed by atoms with Crippen LogP contribution in [0.5, 0.6) is 0 Å². The van der Waals surface area contributed by atoms with Gasteiger partial charge in [-0.05, 0) is 6.42 Å². The largest absolute Gasteiger partial charge is 0.382 e. The first-order chi connectivity index (χ1) is 4.41. The van der Waals surface area contributed by atoms with Crippen molar-refractivity contribution in [1.82, 2.24) is 0 Å². The third-order valence-corrected chi connectivity index (χ3v) is 0.930. The molecular weight excluding hydrogens is 116 g/mol. The van der Waals surface area contributed by atoms with Crippen LogP contribution in [0.25, 0.3) is 0 Å². The summed E-state index contributed by atoms with van der Waals surface area (Å²) in [5.74, 6) is 0. The van der Waals surface area contributed by atoms with E-state index in [1.165, 1.54) is 0 Å². The van der Waals surface area contributed by atoms with Gasteiger partial charge >= 0.3 is 0 Å². The van der Waals surface area contributed by atoms with E-state index >= 15 is 0 Å². The van der Waals surface area contributed by atoms with Crippen LogP contribution in [0, 0.1) is 6.61 Å². The van der Waals surface area contributed by atoms with E-state index in [0.29, 0.717) is 13.2 Å². The van der Waals surface area contributed by atoms with Crippen LogP contribution in [-0.2, 0) is 9.47 Å². The molecule has 2 nitrogen and oxygen atoms in total. The van der Waals surface area contributed by atoms with Crippen molar-refractivity contribution in [2.75, 3.05) is 20.3 Å². The molecule has 0 saturated carbocycles. The summed E-state index contributed by atoms with van der Waals surface area (Å²) in [4.78, 5) is 0. The number of unbranched alkanes of at least 4 members (excludes halogenated alkanes) is 1. The molecule has 0 aliphatic heterocycles. The molecule has 0 atom stereocenters. The van der Waals surface area contributed by atoms with Gasteiger partial charge in [0.05, 0.1) is 19.8 Å². The molecule has 0 unspecified atom stereocenters. The summed E-state index contributed by atoms with van der Waals surface area (Å²) >= 11 is 0. The Labute approximate surface area is 57.2 Å². The van der Waals surface area contributed by atoms with E-state index in [0.717, 1.165) is 12.8 Å². The van der Waals surface area contributed by atoms with Crippen molar-refractivity contribution >= 4 is 0 Å². The van der Waals surface area contributed by atoms with Crippen molar-refractivity contribution in [3.05, 3.63) is 6.61 Å². The number of methoxy groups -OCH3 is 1. The Bertz CT molecular complexity index is 40.2. The van der Waals surface area contributed by atoms with Crippen molar-refractivity contribution in [2.24, 2.45) is 0 Å². The summed E-state index contributed by atoms with van der Waals surface area (Å²) in [5.41, 5.74) is 0. The fourth-order valence-corrected chi connectivity index (χ4v) is 0.416. The summed E-state index contributed by atoms with van der Waals surface area (Å²) < 4.78 is 9.84. The van der Waals surface area contributed by atoms with Gasteiger partial charge in [-0.3, -0.25) is 0 Å². The molecule has 0 N–H and O–H groups in total. The lowest BCUT2D eigenvalue weighted by molar-refractivity contribution is 0.101. The molecule has 2 heteroatoms.